The van der Waals surface area contributed by atoms with Crippen LogP contribution in [0.15, 0.2) is 12.2 Å². The smallest absolute Gasteiger partial charge is 0.345 e. The predicted molar refractivity (Wildman–Crippen MR) is 77.1 cm³/mol. The highest BCUT2D eigenvalue weighted by Crippen LogP contribution is 2.31. The summed E-state index contributed by atoms with van der Waals surface area (Å²) in [5, 5.41) is 0. The van der Waals surface area contributed by atoms with E-state index in [0.717, 1.165) is 0 Å². The molecule has 1 rings (SSSR count). The van der Waals surface area contributed by atoms with Crippen LogP contribution in [-0.2, 0) is 14.4 Å². The van der Waals surface area contributed by atoms with Crippen LogP contribution in [0.3, 0.4) is 0 Å². The van der Waals surface area contributed by atoms with Crippen LogP contribution >= 0.6 is 0 Å². The number of halogens is 1. The van der Waals surface area contributed by atoms with Gasteiger partial charge in [-0.1, -0.05) is 27.7 Å². The van der Waals surface area contributed by atoms with Crippen LogP contribution in [0.4, 0.5) is 0 Å². The van der Waals surface area contributed by atoms with E-state index in [9.17, 15) is 14.4 Å². The van der Waals surface area contributed by atoms with Gasteiger partial charge in [0, 0.05) is 18.8 Å². The summed E-state index contributed by atoms with van der Waals surface area (Å²) in [6, 6.07) is 0. The number of quaternary nitrogens is 1. The fourth-order valence-corrected chi connectivity index (χ4v) is 3.13. The summed E-state index contributed by atoms with van der Waals surface area (Å²) in [4.78, 5) is 36.0. The maximum absolute atomic E-state index is 11.9. The van der Waals surface area contributed by atoms with Crippen molar-refractivity contribution < 1.29 is 43.3 Å². The first-order valence-electron chi connectivity index (χ1n) is 7.13. The fraction of sp³-hybridized carbons (Fsp3) is 0.688. The summed E-state index contributed by atoms with van der Waals surface area (Å²) in [6.07, 6.45) is 3.78. The standard InChI is InChI=1S/C16H25NO3.HI/c1-11(2)12(18)9-15(3,4)10-16(5,6)17-13(19)7-8-14(17)20;/h7-8,11H,9-10H2,1-6H3;1H. The number of carbonyl (C=O) groups is 3. The van der Waals surface area contributed by atoms with Crippen LogP contribution in [-0.4, -0.2) is 23.1 Å². The highest BCUT2D eigenvalue weighted by atomic mass is 127. The van der Waals surface area contributed by atoms with E-state index in [4.69, 9.17) is 0 Å². The van der Waals surface area contributed by atoms with Gasteiger partial charge in [0.05, 0.1) is 12.2 Å². The molecule has 0 atom stereocenters. The average Bonchev–Trinajstić information content (AvgIpc) is 2.56. The van der Waals surface area contributed by atoms with Crippen molar-refractivity contribution in [3.05, 3.63) is 12.2 Å². The molecule has 0 fully saturated rings. The van der Waals surface area contributed by atoms with Gasteiger partial charge in [-0.15, -0.1) is 0 Å². The van der Waals surface area contributed by atoms with Gasteiger partial charge in [0.25, 0.3) is 0 Å². The molecule has 1 aliphatic heterocycles. The van der Waals surface area contributed by atoms with Crippen LogP contribution < -0.4 is 28.9 Å². The largest absolute Gasteiger partial charge is 1.00 e. The van der Waals surface area contributed by atoms with Crippen LogP contribution in [0.25, 0.3) is 0 Å². The zero-order valence-electron chi connectivity index (χ0n) is 13.7. The Labute approximate surface area is 144 Å². The van der Waals surface area contributed by atoms with Crippen molar-refractivity contribution in [3.8, 4) is 0 Å². The van der Waals surface area contributed by atoms with Crippen LogP contribution in [0.1, 0.15) is 54.4 Å². The zero-order valence-corrected chi connectivity index (χ0v) is 15.9. The van der Waals surface area contributed by atoms with E-state index in [1.807, 2.05) is 41.5 Å². The lowest BCUT2D eigenvalue weighted by molar-refractivity contribution is -0.791. The Balaban J connectivity index is 0.00000400. The molecule has 0 aromatic carbocycles. The Hall–Kier alpha value is -0.560. The number of nitrogens with one attached hydrogen (secondary N) is 1. The third-order valence-electron chi connectivity index (χ3n) is 3.77. The van der Waals surface area contributed by atoms with E-state index in [-0.39, 0.29) is 52.9 Å². The van der Waals surface area contributed by atoms with E-state index >= 15 is 0 Å². The first-order valence-corrected chi connectivity index (χ1v) is 7.13. The first-order chi connectivity index (χ1) is 8.96. The van der Waals surface area contributed by atoms with E-state index in [1.54, 1.807) is 0 Å². The summed E-state index contributed by atoms with van der Waals surface area (Å²) >= 11 is 0. The SMILES string of the molecule is CC(C)C(=O)CC(C)(C)CC(C)(C)[NH+]1C(=O)C=CC1=O.[I-]. The van der Waals surface area contributed by atoms with Crippen molar-refractivity contribution in [1.29, 1.82) is 0 Å². The summed E-state index contributed by atoms with van der Waals surface area (Å²) < 4.78 is 0. The molecule has 120 valence electrons. The molecule has 0 aliphatic carbocycles. The van der Waals surface area contributed by atoms with Crippen molar-refractivity contribution in [3.63, 3.8) is 0 Å². The molecule has 0 aromatic rings. The number of imide groups is 1. The van der Waals surface area contributed by atoms with Gasteiger partial charge in [0.1, 0.15) is 11.3 Å². The molecule has 1 N–H and O–H groups in total. The van der Waals surface area contributed by atoms with Crippen LogP contribution in [0, 0.1) is 11.3 Å². The van der Waals surface area contributed by atoms with Gasteiger partial charge in [0.2, 0.25) is 0 Å². The lowest BCUT2D eigenvalue weighted by Gasteiger charge is -2.36. The second-order valence-electron chi connectivity index (χ2n) is 7.46. The Morgan fingerprint density at radius 3 is 1.90 bits per heavy atom. The Kier molecular flexibility index (Phi) is 6.94. The maximum atomic E-state index is 11.9. The lowest BCUT2D eigenvalue weighted by atomic mass is 9.75. The first kappa shape index (κ1) is 20.4. The highest BCUT2D eigenvalue weighted by molar-refractivity contribution is 6.01. The van der Waals surface area contributed by atoms with E-state index in [2.05, 4.69) is 0 Å². The summed E-state index contributed by atoms with van der Waals surface area (Å²) in [7, 11) is 0. The molecule has 0 bridgehead atoms. The maximum Gasteiger partial charge on any atom is 0.345 e. The lowest BCUT2D eigenvalue weighted by Crippen LogP contribution is -3.22. The number of ketones is 1. The van der Waals surface area contributed by atoms with Crippen molar-refractivity contribution in [2.24, 2.45) is 11.3 Å². The Bertz CT molecular complexity index is 446. The minimum Gasteiger partial charge on any atom is -1.00 e. The monoisotopic (exact) mass is 407 g/mol. The van der Waals surface area contributed by atoms with Crippen molar-refractivity contribution >= 4 is 17.6 Å². The van der Waals surface area contributed by atoms with Crippen LogP contribution in [0.2, 0.25) is 0 Å². The van der Waals surface area contributed by atoms with Gasteiger partial charge in [-0.25, -0.2) is 9.59 Å². The minimum atomic E-state index is -0.515. The molecule has 0 saturated heterocycles. The second kappa shape index (κ2) is 7.13. The van der Waals surface area contributed by atoms with E-state index in [1.165, 1.54) is 12.2 Å². The number of Topliss-reactive ketones (excluding diaryl/α,β-unsaturated/α-hetero) is 1. The fourth-order valence-electron chi connectivity index (χ4n) is 3.13. The Morgan fingerprint density at radius 2 is 1.52 bits per heavy atom. The molecule has 21 heavy (non-hydrogen) atoms. The molecule has 0 spiro atoms. The third-order valence-corrected chi connectivity index (χ3v) is 3.77. The molecular formula is C16H26INO3. The van der Waals surface area contributed by atoms with E-state index in [0.29, 0.717) is 17.7 Å². The molecule has 1 aliphatic rings. The third kappa shape index (κ3) is 5.29. The number of amides is 2. The Morgan fingerprint density at radius 1 is 1.10 bits per heavy atom. The summed E-state index contributed by atoms with van der Waals surface area (Å²) in [5.74, 6) is -0.142. The van der Waals surface area contributed by atoms with Crippen molar-refractivity contribution in [2.75, 3.05) is 0 Å². The van der Waals surface area contributed by atoms with Crippen molar-refractivity contribution in [1.82, 2.24) is 0 Å². The van der Waals surface area contributed by atoms with Crippen molar-refractivity contribution in [2.45, 2.75) is 59.9 Å². The number of hydrogen-bond acceptors (Lipinski definition) is 3. The van der Waals surface area contributed by atoms with E-state index < -0.39 is 5.54 Å². The van der Waals surface area contributed by atoms with Gasteiger partial charge in [0.15, 0.2) is 0 Å². The molecule has 0 radical (unpaired) electrons. The molecule has 0 unspecified atom stereocenters. The molecule has 0 aromatic heterocycles. The molecule has 2 amide bonds. The number of carbonyl (C=O) groups excluding carboxylic acids is 3. The second-order valence-corrected chi connectivity index (χ2v) is 7.46. The average molecular weight is 407 g/mol. The molecular weight excluding hydrogens is 381 g/mol. The predicted octanol–water partition coefficient (Wildman–Crippen LogP) is -1.69. The topological polar surface area (TPSA) is 55.6 Å². The quantitative estimate of drug-likeness (QED) is 0.423. The summed E-state index contributed by atoms with van der Waals surface area (Å²) in [5.41, 5.74) is -0.751. The molecule has 0 saturated carbocycles. The zero-order chi connectivity index (χ0) is 15.7. The van der Waals surface area contributed by atoms with Gasteiger partial charge < -0.3 is 24.0 Å². The van der Waals surface area contributed by atoms with Gasteiger partial charge in [-0.3, -0.25) is 4.79 Å². The molecule has 4 nitrogen and oxygen atoms in total. The van der Waals surface area contributed by atoms with Crippen LogP contribution in [0.5, 0.6) is 0 Å². The summed E-state index contributed by atoms with van der Waals surface area (Å²) in [6.45, 7) is 11.7. The molecule has 5 heteroatoms. The van der Waals surface area contributed by atoms with Gasteiger partial charge >= 0.3 is 11.8 Å². The normalized spacial score (nSPS) is 16.5. The van der Waals surface area contributed by atoms with Gasteiger partial charge in [-0.05, 0) is 19.3 Å². The molecule has 1 heterocycles. The number of rotatable bonds is 6. The minimum absolute atomic E-state index is 0. The van der Waals surface area contributed by atoms with Gasteiger partial charge in [-0.2, -0.15) is 4.90 Å². The highest BCUT2D eigenvalue weighted by Gasteiger charge is 2.46. The number of hydrogen-bond donors (Lipinski definition) is 1.